The number of allylic oxidation sites excluding steroid dienone is 2. The maximum Gasteiger partial charge on any atom is 1.00 e. The molecule has 0 radical (unpaired) electrons. The third-order valence-electron chi connectivity index (χ3n) is 27.2. The van der Waals surface area contributed by atoms with Gasteiger partial charge in [0, 0.05) is 25.7 Å². The van der Waals surface area contributed by atoms with Gasteiger partial charge in [0.2, 0.25) is 11.8 Å². The number of hydrogen-bond acceptors (Lipinski definition) is 8. The average molecular weight is 1330 g/mol. The molecule has 0 bridgehead atoms. The van der Waals surface area contributed by atoms with Crippen LogP contribution < -0.4 is 18.9 Å². The molecule has 11 aliphatic rings. The van der Waals surface area contributed by atoms with E-state index in [1.165, 1.54) is 36.8 Å². The summed E-state index contributed by atoms with van der Waals surface area (Å²) in [5, 5.41) is 32.3. The number of unbranched alkanes of at least 4 members (excludes halogenated alkanes) is 1. The topological polar surface area (TPSA) is 141 Å². The summed E-state index contributed by atoms with van der Waals surface area (Å²) in [5.74, 6) is -0.541. The Morgan fingerprint density at radius 1 is 0.559 bits per heavy atom. The van der Waals surface area contributed by atoms with Crippen LogP contribution >= 0.6 is 0 Å². The number of epoxide rings is 1. The molecule has 1 spiro atoms. The number of sulfone groups is 2. The Bertz CT molecular complexity index is 3080. The van der Waals surface area contributed by atoms with E-state index in [9.17, 15) is 49.7 Å². The molecule has 0 amide bonds. The zero-order valence-electron chi connectivity index (χ0n) is 57.2. The Balaban J connectivity index is 0.000000216. The van der Waals surface area contributed by atoms with E-state index >= 15 is 0 Å². The molecule has 93 heavy (non-hydrogen) atoms. The molecule has 2 aromatic carbocycles. The van der Waals surface area contributed by atoms with Crippen LogP contribution in [0, 0.1) is 87.8 Å². The van der Waals surface area contributed by atoms with E-state index in [2.05, 4.69) is 67.5 Å². The Hall–Kier alpha value is -2.02. The summed E-state index contributed by atoms with van der Waals surface area (Å²) in [6.45, 7) is 24.5. The Morgan fingerprint density at radius 3 is 1.40 bits per heavy atom. The van der Waals surface area contributed by atoms with Crippen LogP contribution in [0.5, 0.6) is 0 Å². The molecule has 3 N–H and O–H groups in total. The van der Waals surface area contributed by atoms with Crippen molar-refractivity contribution in [3.8, 4) is 0 Å². The molecule has 1 unspecified atom stereocenters. The number of aliphatic hydroxyl groups is 3. The van der Waals surface area contributed by atoms with Gasteiger partial charge < -0.3 is 27.0 Å². The van der Waals surface area contributed by atoms with E-state index in [1.54, 1.807) is 42.5 Å². The minimum absolute atomic E-state index is 0. The predicted molar refractivity (Wildman–Crippen MR) is 365 cm³/mol. The van der Waals surface area contributed by atoms with Gasteiger partial charge in [-0.3, -0.25) is 0 Å². The number of alkyl halides is 4. The minimum atomic E-state index is -3.81. The van der Waals surface area contributed by atoms with Gasteiger partial charge >= 0.3 is 18.9 Å². The normalized spacial score (nSPS) is 38.8. The molecule has 15 heteroatoms. The number of hydrogen-bond donors (Lipinski definition) is 3. The van der Waals surface area contributed by atoms with Gasteiger partial charge in [-0.05, 0) is 254 Å². The summed E-state index contributed by atoms with van der Waals surface area (Å²) in [6, 6.07) is 17.5. The summed E-state index contributed by atoms with van der Waals surface area (Å²) in [7, 11) is -7.06. The summed E-state index contributed by atoms with van der Waals surface area (Å²) in [5.41, 5.74) is 0.907. The zero-order chi connectivity index (χ0) is 65.4. The van der Waals surface area contributed by atoms with Gasteiger partial charge in [0.15, 0.2) is 19.7 Å². The van der Waals surface area contributed by atoms with Gasteiger partial charge in [0.1, 0.15) is 0 Å². The van der Waals surface area contributed by atoms with Crippen molar-refractivity contribution in [3.63, 3.8) is 0 Å². The van der Waals surface area contributed by atoms with Crippen LogP contribution in [-0.4, -0.2) is 84.0 Å². The van der Waals surface area contributed by atoms with Gasteiger partial charge in [-0.25, -0.2) is 34.4 Å². The number of ether oxygens (including phenoxy) is 1. The van der Waals surface area contributed by atoms with Crippen molar-refractivity contribution in [3.05, 3.63) is 90.9 Å². The van der Waals surface area contributed by atoms with Crippen molar-refractivity contribution >= 4 is 19.7 Å². The van der Waals surface area contributed by atoms with Gasteiger partial charge in [-0.1, -0.05) is 129 Å². The van der Waals surface area contributed by atoms with Crippen molar-refractivity contribution in [1.82, 2.24) is 0 Å². The summed E-state index contributed by atoms with van der Waals surface area (Å²) in [4.78, 5) is 0.720. The van der Waals surface area contributed by atoms with Crippen LogP contribution in [-0.2, 0) is 24.4 Å². The molecule has 10 aliphatic carbocycles. The second-order valence-electron chi connectivity index (χ2n) is 33.1. The average Bonchev–Trinajstić information content (AvgIpc) is 1.71. The van der Waals surface area contributed by atoms with Gasteiger partial charge in [-0.2, -0.15) is 6.42 Å². The molecule has 2 aromatic rings. The van der Waals surface area contributed by atoms with Crippen molar-refractivity contribution in [2.75, 3.05) is 12.4 Å². The molecular weight excluding hydrogens is 1210 g/mol. The molecule has 9 fully saturated rings. The maximum atomic E-state index is 14.3. The molecule has 522 valence electrons. The monoisotopic (exact) mass is 1330 g/mol. The van der Waals surface area contributed by atoms with E-state index in [0.29, 0.717) is 65.8 Å². The molecule has 0 aromatic heterocycles. The second-order valence-corrected chi connectivity index (χ2v) is 37.3. The first-order valence-corrected chi connectivity index (χ1v) is 38.5. The van der Waals surface area contributed by atoms with Crippen molar-refractivity contribution < 1.29 is 73.3 Å². The zero-order valence-corrected chi connectivity index (χ0v) is 58.8. The largest absolute Gasteiger partial charge is 1.00 e. The van der Waals surface area contributed by atoms with E-state index < -0.39 is 66.4 Å². The van der Waals surface area contributed by atoms with Crippen LogP contribution in [0.1, 0.15) is 251 Å². The number of rotatable bonds is 11. The fourth-order valence-electron chi connectivity index (χ4n) is 21.4. The third kappa shape index (κ3) is 16.1. The minimum Gasteiger partial charge on any atom is -0.390 e. The first-order valence-electron chi connectivity index (χ1n) is 35.3. The van der Waals surface area contributed by atoms with Gasteiger partial charge in [0.05, 0.1) is 49.8 Å². The number of fused-ring (bicyclic) bond motifs is 10. The van der Waals surface area contributed by atoms with Crippen LogP contribution in [0.4, 0.5) is 17.6 Å². The predicted octanol–water partition coefficient (Wildman–Crippen LogP) is 16.4. The van der Waals surface area contributed by atoms with Crippen molar-refractivity contribution in [2.45, 2.75) is 300 Å². The Morgan fingerprint density at radius 2 is 0.968 bits per heavy atom. The van der Waals surface area contributed by atoms with E-state index in [1.807, 2.05) is 32.0 Å². The Labute approximate surface area is 573 Å². The maximum absolute atomic E-state index is 14.3. The molecule has 17 atom stereocenters. The summed E-state index contributed by atoms with van der Waals surface area (Å²) in [6.07, 6.45) is 24.2. The molecule has 13 rings (SSSR count). The molecule has 1 saturated heterocycles. The Kier molecular flexibility index (Phi) is 24.3. The van der Waals surface area contributed by atoms with Gasteiger partial charge in [0.25, 0.3) is 0 Å². The SMILES string of the molecule is C.C.C[C@H](C(CC1(O)CCC(F)(F)CC1)S(=O)(=O)c1ccccc1)[C@H]1CC[C@H]2[C@@H]3CC=C4C[C@@](C)(O)CC[C@]4(C)[C@H]3CC[C@]12C.C[C@H](CS(=O)(=O)c1ccccc1)[C@H]1CC[C@H]2[C@@H]3CC=C4C[C@@](C)(O)CC[C@]4(C)[C@H]3CC[C@]12C.FC1(F)CCC2(CC1)CO2.[CH2-]CCC.[Li+]. The summed E-state index contributed by atoms with van der Waals surface area (Å²) < 4.78 is 113. The molecule has 8 nitrogen and oxygen atoms in total. The van der Waals surface area contributed by atoms with Crippen LogP contribution in [0.15, 0.2) is 93.8 Å². The molecular formula is C78H121F4LiO8S2. The van der Waals surface area contributed by atoms with Crippen molar-refractivity contribution in [1.29, 1.82) is 0 Å². The van der Waals surface area contributed by atoms with Crippen LogP contribution in [0.2, 0.25) is 0 Å². The first kappa shape index (κ1) is 78.3. The fraction of sp³-hybridized carbons (Fsp3) is 0.782. The first-order chi connectivity index (χ1) is 42.0. The smallest absolute Gasteiger partial charge is 0.390 e. The van der Waals surface area contributed by atoms with Gasteiger partial charge in [-0.15, -0.1) is 0 Å². The molecule has 8 saturated carbocycles. The fourth-order valence-corrected chi connectivity index (χ4v) is 25.3. The van der Waals surface area contributed by atoms with Crippen LogP contribution in [0.25, 0.3) is 0 Å². The quantitative estimate of drug-likeness (QED) is 0.0664. The van der Waals surface area contributed by atoms with E-state index in [-0.39, 0.29) is 121 Å². The van der Waals surface area contributed by atoms with E-state index in [0.717, 1.165) is 89.9 Å². The summed E-state index contributed by atoms with van der Waals surface area (Å²) >= 11 is 0. The number of halogens is 4. The standard InChI is InChI=1S/C36H52F2O4S.C29H42O3S.C7H10F2O.C4H9.2CH4.Li/c1-24(31(43(41,42)26-8-6-5-7-9-26)23-35(40)18-20-36(37,38)21-19-35)28-12-13-29-27-11-10-25-22-32(2,39)16-17-33(25,3)30(27)14-15-34(28,29)4;1-20(19-33(31,32)22-8-6-5-7-9-22)24-12-13-25-23-11-10-21-18-27(2,30)16-17-28(21,3)26(23)14-15-29(24,25)4;8-7(9)3-1-6(2-4-7)5-10-6;1-3-4-2;;;/h5-10,24,27-31,39-40H,11-23H2,1-4H3;5-10,20,23-26,30H,11-19H2,1-4H3;1-5H2;1,3-4H2,2H3;2*1H4;/q;;;-1;;;+1/t24-,27-,28+,29-,30-,31?,32-,33-,34+;20-,23+,24-,25+,26+,27+,28+,29-;;;;;/m01...../s1. The number of benzene rings is 2. The van der Waals surface area contributed by atoms with E-state index in [4.69, 9.17) is 4.74 Å². The van der Waals surface area contributed by atoms with Crippen molar-refractivity contribution in [2.24, 2.45) is 80.8 Å². The molecule has 1 heterocycles. The van der Waals surface area contributed by atoms with Crippen LogP contribution in [0.3, 0.4) is 0 Å². The molecule has 1 aliphatic heterocycles. The second kappa shape index (κ2) is 28.9. The third-order valence-corrected chi connectivity index (χ3v) is 31.4.